The fraction of sp³-hybridized carbons (Fsp3) is 0.0667. The van der Waals surface area contributed by atoms with E-state index in [1.165, 1.54) is 6.07 Å². The molecular weight excluding hydrogens is 335 g/mol. The second-order valence-electron chi connectivity index (χ2n) is 4.58. The lowest BCUT2D eigenvalue weighted by Gasteiger charge is -2.13. The van der Waals surface area contributed by atoms with E-state index in [1.54, 1.807) is 10.6 Å². The molecule has 2 amide bonds. The summed E-state index contributed by atoms with van der Waals surface area (Å²) in [5, 5.41) is 3.57. The number of carbonyl (C=O) groups is 2. The van der Waals surface area contributed by atoms with Crippen molar-refractivity contribution in [2.45, 2.75) is 6.18 Å². The molecule has 0 aromatic heterocycles. The molecule has 0 radical (unpaired) electrons. The second kappa shape index (κ2) is 6.65. The number of para-hydroxylation sites is 1. The van der Waals surface area contributed by atoms with Gasteiger partial charge in [0.1, 0.15) is 11.6 Å². The lowest BCUT2D eigenvalue weighted by atomic mass is 10.1. The van der Waals surface area contributed by atoms with Crippen LogP contribution in [0.4, 0.5) is 33.3 Å². The number of nitrogens with one attached hydrogen (secondary N) is 2. The van der Waals surface area contributed by atoms with E-state index in [-0.39, 0.29) is 0 Å². The van der Waals surface area contributed by atoms with Crippen LogP contribution in [0.3, 0.4) is 0 Å². The third-order valence-corrected chi connectivity index (χ3v) is 2.86. The van der Waals surface area contributed by atoms with Gasteiger partial charge in [0, 0.05) is 6.07 Å². The molecule has 24 heavy (non-hydrogen) atoms. The largest absolute Gasteiger partial charge is 0.418 e. The Balaban J connectivity index is 2.16. The van der Waals surface area contributed by atoms with Gasteiger partial charge in [-0.25, -0.2) is 8.78 Å². The summed E-state index contributed by atoms with van der Waals surface area (Å²) in [6.45, 7) is 0. The van der Waals surface area contributed by atoms with Crippen molar-refractivity contribution in [1.29, 1.82) is 0 Å². The van der Waals surface area contributed by atoms with E-state index in [1.807, 2.05) is 0 Å². The van der Waals surface area contributed by atoms with Crippen molar-refractivity contribution in [1.82, 2.24) is 0 Å². The van der Waals surface area contributed by atoms with Crippen molar-refractivity contribution < 1.29 is 31.5 Å². The van der Waals surface area contributed by atoms with E-state index >= 15 is 0 Å². The van der Waals surface area contributed by atoms with Gasteiger partial charge < -0.3 is 10.6 Å². The highest BCUT2D eigenvalue weighted by molar-refractivity contribution is 6.43. The van der Waals surface area contributed by atoms with Crippen molar-refractivity contribution in [3.63, 3.8) is 0 Å². The highest BCUT2D eigenvalue weighted by Crippen LogP contribution is 2.34. The Bertz CT molecular complexity index is 790. The SMILES string of the molecule is O=C(Nc1cc(F)ccc1F)C(=O)Nc1ccccc1C(F)(F)F. The highest BCUT2D eigenvalue weighted by Gasteiger charge is 2.34. The van der Waals surface area contributed by atoms with Crippen molar-refractivity contribution in [3.8, 4) is 0 Å². The van der Waals surface area contributed by atoms with Crippen LogP contribution in [-0.4, -0.2) is 11.8 Å². The number of carbonyl (C=O) groups excluding carboxylic acids is 2. The smallest absolute Gasteiger partial charge is 0.317 e. The number of hydrogen-bond acceptors (Lipinski definition) is 2. The summed E-state index contributed by atoms with van der Waals surface area (Å²) in [5.41, 5.74) is -2.40. The average molecular weight is 344 g/mol. The van der Waals surface area contributed by atoms with Gasteiger partial charge in [-0.2, -0.15) is 13.2 Å². The standard InChI is InChI=1S/C15H9F5N2O2/c16-8-5-6-10(17)12(7-8)22-14(24)13(23)21-11-4-2-1-3-9(11)15(18,19)20/h1-7H,(H,21,23)(H,22,24). The van der Waals surface area contributed by atoms with E-state index in [0.29, 0.717) is 6.07 Å². The molecule has 0 bridgehead atoms. The monoisotopic (exact) mass is 344 g/mol. The molecule has 0 spiro atoms. The van der Waals surface area contributed by atoms with Gasteiger partial charge >= 0.3 is 18.0 Å². The van der Waals surface area contributed by atoms with Gasteiger partial charge in [0.2, 0.25) is 0 Å². The maximum Gasteiger partial charge on any atom is 0.418 e. The highest BCUT2D eigenvalue weighted by atomic mass is 19.4. The Hall–Kier alpha value is -2.97. The molecule has 0 aliphatic rings. The molecule has 0 saturated heterocycles. The Labute approximate surface area is 132 Å². The molecule has 2 N–H and O–H groups in total. The quantitative estimate of drug-likeness (QED) is 0.646. The summed E-state index contributed by atoms with van der Waals surface area (Å²) in [7, 11) is 0. The Morgan fingerprint density at radius 1 is 0.833 bits per heavy atom. The van der Waals surface area contributed by atoms with E-state index in [4.69, 9.17) is 0 Å². The third kappa shape index (κ3) is 4.06. The first kappa shape index (κ1) is 17.4. The molecule has 9 heteroatoms. The topological polar surface area (TPSA) is 58.2 Å². The fourth-order valence-corrected chi connectivity index (χ4v) is 1.79. The zero-order valence-corrected chi connectivity index (χ0v) is 11.7. The normalized spacial score (nSPS) is 11.0. The summed E-state index contributed by atoms with van der Waals surface area (Å²) in [6, 6.07) is 6.17. The molecule has 0 atom stereocenters. The number of anilines is 2. The fourth-order valence-electron chi connectivity index (χ4n) is 1.79. The minimum Gasteiger partial charge on any atom is -0.317 e. The molecule has 0 aliphatic carbocycles. The van der Waals surface area contributed by atoms with E-state index in [2.05, 4.69) is 0 Å². The molecule has 126 valence electrons. The van der Waals surface area contributed by atoms with Gasteiger partial charge in [-0.3, -0.25) is 9.59 Å². The maximum absolute atomic E-state index is 13.4. The van der Waals surface area contributed by atoms with Crippen LogP contribution in [0.25, 0.3) is 0 Å². The van der Waals surface area contributed by atoms with E-state index < -0.39 is 46.6 Å². The molecule has 2 aromatic carbocycles. The van der Waals surface area contributed by atoms with Gasteiger partial charge in [0.15, 0.2) is 0 Å². The molecule has 0 fully saturated rings. The van der Waals surface area contributed by atoms with Crippen LogP contribution in [0.2, 0.25) is 0 Å². The number of hydrogen-bond donors (Lipinski definition) is 2. The second-order valence-corrected chi connectivity index (χ2v) is 4.58. The number of benzene rings is 2. The number of alkyl halides is 3. The van der Waals surface area contributed by atoms with Crippen LogP contribution < -0.4 is 10.6 Å². The number of halogens is 5. The Kier molecular flexibility index (Phi) is 4.82. The van der Waals surface area contributed by atoms with Crippen molar-refractivity contribution in [2.24, 2.45) is 0 Å². The summed E-state index contributed by atoms with van der Waals surface area (Å²) in [6.07, 6.45) is -4.74. The summed E-state index contributed by atoms with van der Waals surface area (Å²) < 4.78 is 64.8. The number of amides is 2. The van der Waals surface area contributed by atoms with Crippen LogP contribution >= 0.6 is 0 Å². The zero-order valence-electron chi connectivity index (χ0n) is 11.7. The van der Waals surface area contributed by atoms with Gasteiger partial charge in [-0.15, -0.1) is 0 Å². The van der Waals surface area contributed by atoms with Crippen molar-refractivity contribution in [2.75, 3.05) is 10.6 Å². The first-order valence-electron chi connectivity index (χ1n) is 6.42. The van der Waals surface area contributed by atoms with Gasteiger partial charge in [0.25, 0.3) is 0 Å². The van der Waals surface area contributed by atoms with Crippen LogP contribution in [0.5, 0.6) is 0 Å². The maximum atomic E-state index is 13.4. The van der Waals surface area contributed by atoms with Crippen LogP contribution in [-0.2, 0) is 15.8 Å². The first-order chi connectivity index (χ1) is 11.2. The lowest BCUT2D eigenvalue weighted by Crippen LogP contribution is -2.30. The van der Waals surface area contributed by atoms with Crippen LogP contribution in [0.15, 0.2) is 42.5 Å². The van der Waals surface area contributed by atoms with Crippen LogP contribution in [0, 0.1) is 11.6 Å². The Morgan fingerprint density at radius 3 is 2.04 bits per heavy atom. The third-order valence-electron chi connectivity index (χ3n) is 2.86. The average Bonchev–Trinajstić information content (AvgIpc) is 2.50. The van der Waals surface area contributed by atoms with Gasteiger partial charge in [0.05, 0.1) is 16.9 Å². The molecule has 0 aliphatic heterocycles. The summed E-state index contributed by atoms with van der Waals surface area (Å²) >= 11 is 0. The van der Waals surface area contributed by atoms with Crippen molar-refractivity contribution >= 4 is 23.2 Å². The number of rotatable bonds is 2. The Morgan fingerprint density at radius 2 is 1.42 bits per heavy atom. The predicted molar refractivity (Wildman–Crippen MR) is 75.1 cm³/mol. The minimum absolute atomic E-state index is 0.612. The molecule has 0 saturated carbocycles. The minimum atomic E-state index is -4.74. The summed E-state index contributed by atoms with van der Waals surface area (Å²) in [4.78, 5) is 23.3. The molecule has 2 rings (SSSR count). The molecule has 0 unspecified atom stereocenters. The summed E-state index contributed by atoms with van der Waals surface area (Å²) in [5.74, 6) is -4.78. The molecular formula is C15H9F5N2O2. The zero-order chi connectivity index (χ0) is 17.9. The molecule has 0 heterocycles. The van der Waals surface area contributed by atoms with Gasteiger partial charge in [-0.1, -0.05) is 12.1 Å². The predicted octanol–water partition coefficient (Wildman–Crippen LogP) is 3.56. The van der Waals surface area contributed by atoms with Crippen molar-refractivity contribution in [3.05, 3.63) is 59.7 Å². The van der Waals surface area contributed by atoms with E-state index in [0.717, 1.165) is 30.3 Å². The van der Waals surface area contributed by atoms with Gasteiger partial charge in [-0.05, 0) is 24.3 Å². The first-order valence-corrected chi connectivity index (χ1v) is 6.42. The van der Waals surface area contributed by atoms with E-state index in [9.17, 15) is 31.5 Å². The lowest BCUT2D eigenvalue weighted by molar-refractivity contribution is -0.137. The van der Waals surface area contributed by atoms with Crippen LogP contribution in [0.1, 0.15) is 5.56 Å². The molecule has 4 nitrogen and oxygen atoms in total. The molecule has 2 aromatic rings.